The molecule has 1 aliphatic heterocycles. The van der Waals surface area contributed by atoms with Crippen molar-refractivity contribution >= 4 is 5.91 Å². The SMILES string of the molecule is CC(C)C1CCCN1C(=O)c1ccco1. The average Bonchev–Trinajstić information content (AvgIpc) is 2.88. The van der Waals surface area contributed by atoms with Gasteiger partial charge in [-0.1, -0.05) is 13.8 Å². The molecule has 1 aliphatic rings. The predicted octanol–water partition coefficient (Wildman–Crippen LogP) is 2.54. The fourth-order valence-corrected chi connectivity index (χ4v) is 2.28. The first kappa shape index (κ1) is 10.3. The molecule has 2 rings (SSSR count). The van der Waals surface area contributed by atoms with Gasteiger partial charge in [-0.25, -0.2) is 0 Å². The number of rotatable bonds is 2. The summed E-state index contributed by atoms with van der Waals surface area (Å²) in [5.41, 5.74) is 0. The summed E-state index contributed by atoms with van der Waals surface area (Å²) in [6.45, 7) is 5.19. The molecule has 0 spiro atoms. The number of amides is 1. The maximum atomic E-state index is 12.1. The maximum Gasteiger partial charge on any atom is 0.289 e. The third kappa shape index (κ3) is 1.91. The highest BCUT2D eigenvalue weighted by molar-refractivity contribution is 5.91. The molecular formula is C12H17NO2. The number of hydrogen-bond donors (Lipinski definition) is 0. The van der Waals surface area contributed by atoms with Gasteiger partial charge in [-0.2, -0.15) is 0 Å². The van der Waals surface area contributed by atoms with Gasteiger partial charge in [0, 0.05) is 12.6 Å². The van der Waals surface area contributed by atoms with E-state index in [-0.39, 0.29) is 5.91 Å². The minimum Gasteiger partial charge on any atom is -0.459 e. The van der Waals surface area contributed by atoms with Gasteiger partial charge in [0.05, 0.1) is 6.26 Å². The van der Waals surface area contributed by atoms with Gasteiger partial charge in [0.25, 0.3) is 5.91 Å². The smallest absolute Gasteiger partial charge is 0.289 e. The average molecular weight is 207 g/mol. The Hall–Kier alpha value is -1.25. The minimum absolute atomic E-state index is 0.0381. The number of likely N-dealkylation sites (tertiary alicyclic amines) is 1. The van der Waals surface area contributed by atoms with Crippen LogP contribution in [0.2, 0.25) is 0 Å². The van der Waals surface area contributed by atoms with Crippen LogP contribution in [0.4, 0.5) is 0 Å². The highest BCUT2D eigenvalue weighted by Gasteiger charge is 2.32. The van der Waals surface area contributed by atoms with Gasteiger partial charge in [0.2, 0.25) is 0 Å². The van der Waals surface area contributed by atoms with Crippen molar-refractivity contribution in [3.63, 3.8) is 0 Å². The van der Waals surface area contributed by atoms with E-state index in [4.69, 9.17) is 4.42 Å². The summed E-state index contributed by atoms with van der Waals surface area (Å²) in [7, 11) is 0. The van der Waals surface area contributed by atoms with E-state index in [0.29, 0.717) is 17.7 Å². The summed E-state index contributed by atoms with van der Waals surface area (Å²) in [6, 6.07) is 3.87. The second kappa shape index (κ2) is 4.09. The van der Waals surface area contributed by atoms with Crippen molar-refractivity contribution in [2.24, 2.45) is 5.92 Å². The fourth-order valence-electron chi connectivity index (χ4n) is 2.28. The monoisotopic (exact) mass is 207 g/mol. The van der Waals surface area contributed by atoms with E-state index in [0.717, 1.165) is 19.4 Å². The van der Waals surface area contributed by atoms with Crippen molar-refractivity contribution in [1.82, 2.24) is 4.90 Å². The molecule has 0 bridgehead atoms. The van der Waals surface area contributed by atoms with Gasteiger partial charge in [-0.15, -0.1) is 0 Å². The highest BCUT2D eigenvalue weighted by atomic mass is 16.3. The van der Waals surface area contributed by atoms with E-state index >= 15 is 0 Å². The van der Waals surface area contributed by atoms with Gasteiger partial charge in [0.1, 0.15) is 0 Å². The van der Waals surface area contributed by atoms with Crippen LogP contribution in [0.25, 0.3) is 0 Å². The van der Waals surface area contributed by atoms with Crippen LogP contribution in [-0.4, -0.2) is 23.4 Å². The zero-order chi connectivity index (χ0) is 10.8. The zero-order valence-corrected chi connectivity index (χ0v) is 9.27. The van der Waals surface area contributed by atoms with Crippen LogP contribution in [0.5, 0.6) is 0 Å². The van der Waals surface area contributed by atoms with Crippen LogP contribution in [0, 0.1) is 5.92 Å². The Morgan fingerprint density at radius 3 is 3.00 bits per heavy atom. The van der Waals surface area contributed by atoms with Crippen molar-refractivity contribution in [3.8, 4) is 0 Å². The van der Waals surface area contributed by atoms with E-state index in [1.54, 1.807) is 18.4 Å². The van der Waals surface area contributed by atoms with E-state index < -0.39 is 0 Å². The molecule has 1 atom stereocenters. The van der Waals surface area contributed by atoms with Crippen LogP contribution < -0.4 is 0 Å². The van der Waals surface area contributed by atoms with Crippen molar-refractivity contribution in [2.75, 3.05) is 6.54 Å². The summed E-state index contributed by atoms with van der Waals surface area (Å²) in [5, 5.41) is 0. The second-order valence-electron chi connectivity index (χ2n) is 4.43. The summed E-state index contributed by atoms with van der Waals surface area (Å²) in [5.74, 6) is 1.02. The molecule has 3 nitrogen and oxygen atoms in total. The number of nitrogens with zero attached hydrogens (tertiary/aromatic N) is 1. The van der Waals surface area contributed by atoms with E-state index in [2.05, 4.69) is 13.8 Å². The molecule has 0 aromatic carbocycles. The molecule has 0 saturated carbocycles. The molecule has 0 N–H and O–H groups in total. The Morgan fingerprint density at radius 1 is 1.60 bits per heavy atom. The van der Waals surface area contributed by atoms with Crippen LogP contribution in [0.15, 0.2) is 22.8 Å². The molecule has 1 aromatic rings. The lowest BCUT2D eigenvalue weighted by atomic mass is 10.0. The fraction of sp³-hybridized carbons (Fsp3) is 0.583. The summed E-state index contributed by atoms with van der Waals surface area (Å²) < 4.78 is 5.14. The van der Waals surface area contributed by atoms with Crippen LogP contribution in [-0.2, 0) is 0 Å². The Balaban J connectivity index is 2.13. The molecule has 15 heavy (non-hydrogen) atoms. The molecule has 82 valence electrons. The molecule has 1 saturated heterocycles. The quantitative estimate of drug-likeness (QED) is 0.746. The maximum absolute atomic E-state index is 12.1. The van der Waals surface area contributed by atoms with E-state index in [9.17, 15) is 4.79 Å². The molecule has 1 unspecified atom stereocenters. The van der Waals surface area contributed by atoms with Crippen molar-refractivity contribution in [2.45, 2.75) is 32.7 Å². The number of carbonyl (C=O) groups excluding carboxylic acids is 1. The van der Waals surface area contributed by atoms with Gasteiger partial charge in [-0.3, -0.25) is 4.79 Å². The van der Waals surface area contributed by atoms with Crippen LogP contribution in [0.3, 0.4) is 0 Å². The Morgan fingerprint density at radius 2 is 2.40 bits per heavy atom. The second-order valence-corrected chi connectivity index (χ2v) is 4.43. The summed E-state index contributed by atoms with van der Waals surface area (Å²) in [6.07, 6.45) is 3.77. The van der Waals surface area contributed by atoms with Crippen LogP contribution >= 0.6 is 0 Å². The normalized spacial score (nSPS) is 21.3. The first-order valence-corrected chi connectivity index (χ1v) is 5.54. The zero-order valence-electron chi connectivity index (χ0n) is 9.27. The number of furan rings is 1. The van der Waals surface area contributed by atoms with Crippen LogP contribution in [0.1, 0.15) is 37.2 Å². The molecular weight excluding hydrogens is 190 g/mol. The van der Waals surface area contributed by atoms with E-state index in [1.807, 2.05) is 4.90 Å². The van der Waals surface area contributed by atoms with Crippen molar-refractivity contribution in [1.29, 1.82) is 0 Å². The Bertz CT molecular complexity index is 329. The topological polar surface area (TPSA) is 33.5 Å². The first-order valence-electron chi connectivity index (χ1n) is 5.54. The van der Waals surface area contributed by atoms with Crippen molar-refractivity contribution in [3.05, 3.63) is 24.2 Å². The lowest BCUT2D eigenvalue weighted by Crippen LogP contribution is -2.38. The minimum atomic E-state index is 0.0381. The molecule has 1 amide bonds. The van der Waals surface area contributed by atoms with Gasteiger partial charge in [-0.05, 0) is 30.9 Å². The Kier molecular flexibility index (Phi) is 2.80. The highest BCUT2D eigenvalue weighted by Crippen LogP contribution is 2.25. The molecule has 0 radical (unpaired) electrons. The third-order valence-electron chi connectivity index (χ3n) is 3.06. The largest absolute Gasteiger partial charge is 0.459 e. The molecule has 3 heteroatoms. The summed E-state index contributed by atoms with van der Waals surface area (Å²) >= 11 is 0. The van der Waals surface area contributed by atoms with Gasteiger partial charge >= 0.3 is 0 Å². The van der Waals surface area contributed by atoms with E-state index in [1.165, 1.54) is 0 Å². The number of carbonyl (C=O) groups is 1. The first-order chi connectivity index (χ1) is 7.20. The van der Waals surface area contributed by atoms with Gasteiger partial charge < -0.3 is 9.32 Å². The molecule has 0 aliphatic carbocycles. The lowest BCUT2D eigenvalue weighted by Gasteiger charge is -2.26. The molecule has 1 aromatic heterocycles. The summed E-state index contributed by atoms with van der Waals surface area (Å²) in [4.78, 5) is 14.0. The molecule has 1 fully saturated rings. The number of hydrogen-bond acceptors (Lipinski definition) is 2. The third-order valence-corrected chi connectivity index (χ3v) is 3.06. The predicted molar refractivity (Wildman–Crippen MR) is 57.6 cm³/mol. The lowest BCUT2D eigenvalue weighted by molar-refractivity contribution is 0.0669. The Labute approximate surface area is 90.1 Å². The van der Waals surface area contributed by atoms with Crippen molar-refractivity contribution < 1.29 is 9.21 Å². The van der Waals surface area contributed by atoms with Gasteiger partial charge in [0.15, 0.2) is 5.76 Å². The molecule has 2 heterocycles. The standard InChI is InChI=1S/C12H17NO2/c1-9(2)10-5-3-7-13(10)12(14)11-6-4-8-15-11/h4,6,8-10H,3,5,7H2,1-2H3.